The van der Waals surface area contributed by atoms with Crippen molar-refractivity contribution in [3.05, 3.63) is 42.0 Å². The van der Waals surface area contributed by atoms with Gasteiger partial charge in [0.15, 0.2) is 0 Å². The van der Waals surface area contributed by atoms with Gasteiger partial charge in [-0.25, -0.2) is 13.6 Å². The number of amides is 1. The van der Waals surface area contributed by atoms with E-state index >= 15 is 0 Å². The molecule has 1 aliphatic carbocycles. The van der Waals surface area contributed by atoms with E-state index in [0.29, 0.717) is 6.54 Å². The number of allylic oxidation sites excluding steroid dienone is 2. The molecular weight excluding hydrogens is 276 g/mol. The maximum atomic E-state index is 11.9. The molecule has 0 radical (unpaired) electrons. The number of sulfonamides is 1. The molecule has 0 heterocycles. The van der Waals surface area contributed by atoms with Crippen molar-refractivity contribution in [2.75, 3.05) is 0 Å². The Morgan fingerprint density at radius 3 is 2.50 bits per heavy atom. The lowest BCUT2D eigenvalue weighted by molar-refractivity contribution is -0.125. The Morgan fingerprint density at radius 2 is 1.95 bits per heavy atom. The number of nitrogens with two attached hydrogens (primary N) is 1. The first kappa shape index (κ1) is 14.7. The van der Waals surface area contributed by atoms with Crippen molar-refractivity contribution in [3.8, 4) is 0 Å². The molecule has 1 aliphatic rings. The predicted molar refractivity (Wildman–Crippen MR) is 76.1 cm³/mol. The minimum atomic E-state index is -3.66. The molecule has 1 unspecified atom stereocenters. The zero-order valence-corrected chi connectivity index (χ0v) is 11.9. The van der Waals surface area contributed by atoms with E-state index in [1.807, 2.05) is 6.08 Å². The van der Waals surface area contributed by atoms with Crippen LogP contribution in [0.2, 0.25) is 0 Å². The summed E-state index contributed by atoms with van der Waals surface area (Å²) in [7, 11) is -3.66. The lowest BCUT2D eigenvalue weighted by atomic mass is 9.93. The molecular formula is C14H18N2O3S. The molecule has 0 aliphatic heterocycles. The van der Waals surface area contributed by atoms with Crippen LogP contribution in [0.25, 0.3) is 0 Å². The van der Waals surface area contributed by atoms with E-state index in [0.717, 1.165) is 24.8 Å². The summed E-state index contributed by atoms with van der Waals surface area (Å²) in [4.78, 5) is 12.0. The van der Waals surface area contributed by atoms with Crippen LogP contribution in [-0.2, 0) is 21.4 Å². The lowest BCUT2D eigenvalue weighted by Gasteiger charge is -2.17. The van der Waals surface area contributed by atoms with Gasteiger partial charge in [0.1, 0.15) is 0 Å². The van der Waals surface area contributed by atoms with Gasteiger partial charge in [-0.3, -0.25) is 4.79 Å². The molecule has 2 rings (SSSR count). The van der Waals surface area contributed by atoms with Crippen molar-refractivity contribution < 1.29 is 13.2 Å². The molecule has 0 bridgehead atoms. The van der Waals surface area contributed by atoms with Gasteiger partial charge in [0.2, 0.25) is 15.9 Å². The third-order valence-electron chi connectivity index (χ3n) is 3.36. The Balaban J connectivity index is 1.91. The first-order valence-electron chi connectivity index (χ1n) is 6.51. The van der Waals surface area contributed by atoms with Gasteiger partial charge in [0.25, 0.3) is 0 Å². The van der Waals surface area contributed by atoms with Crippen LogP contribution in [0.4, 0.5) is 0 Å². The molecule has 6 heteroatoms. The minimum Gasteiger partial charge on any atom is -0.352 e. The molecule has 5 nitrogen and oxygen atoms in total. The Bertz CT molecular complexity index is 606. The Hall–Kier alpha value is -1.66. The maximum absolute atomic E-state index is 11.9. The second kappa shape index (κ2) is 6.19. The van der Waals surface area contributed by atoms with Crippen LogP contribution in [-0.4, -0.2) is 14.3 Å². The standard InChI is InChI=1S/C14H18N2O3S/c15-20(18,19)13-8-6-11(7-9-13)10-16-14(17)12-4-2-1-3-5-12/h1-2,6-9,12H,3-5,10H2,(H,16,17)(H2,15,18,19). The number of nitrogens with one attached hydrogen (secondary N) is 1. The fraction of sp³-hybridized carbons (Fsp3) is 0.357. The van der Waals surface area contributed by atoms with Crippen LogP contribution in [0.5, 0.6) is 0 Å². The second-order valence-corrected chi connectivity index (χ2v) is 6.45. The topological polar surface area (TPSA) is 89.3 Å². The van der Waals surface area contributed by atoms with Gasteiger partial charge < -0.3 is 5.32 Å². The molecule has 1 amide bonds. The molecule has 0 saturated heterocycles. The molecule has 0 fully saturated rings. The van der Waals surface area contributed by atoms with Crippen molar-refractivity contribution in [1.82, 2.24) is 5.32 Å². The van der Waals surface area contributed by atoms with Crippen LogP contribution >= 0.6 is 0 Å². The van der Waals surface area contributed by atoms with E-state index < -0.39 is 10.0 Å². The van der Waals surface area contributed by atoms with E-state index in [2.05, 4.69) is 11.4 Å². The van der Waals surface area contributed by atoms with E-state index in [1.54, 1.807) is 12.1 Å². The number of rotatable bonds is 4. The van der Waals surface area contributed by atoms with E-state index in [4.69, 9.17) is 5.14 Å². The van der Waals surface area contributed by atoms with E-state index in [-0.39, 0.29) is 16.7 Å². The first-order valence-corrected chi connectivity index (χ1v) is 8.06. The monoisotopic (exact) mass is 294 g/mol. The first-order chi connectivity index (χ1) is 9.47. The Kier molecular flexibility index (Phi) is 4.57. The van der Waals surface area contributed by atoms with Crippen LogP contribution in [0.15, 0.2) is 41.3 Å². The summed E-state index contributed by atoms with van der Waals surface area (Å²) in [5, 5.41) is 7.90. The third-order valence-corrected chi connectivity index (χ3v) is 4.29. The highest BCUT2D eigenvalue weighted by atomic mass is 32.2. The molecule has 0 saturated carbocycles. The van der Waals surface area contributed by atoms with Crippen LogP contribution in [0.1, 0.15) is 24.8 Å². The van der Waals surface area contributed by atoms with Crippen molar-refractivity contribution >= 4 is 15.9 Å². The molecule has 1 atom stereocenters. The molecule has 1 aromatic rings. The average molecular weight is 294 g/mol. The van der Waals surface area contributed by atoms with Crippen molar-refractivity contribution in [1.29, 1.82) is 0 Å². The number of carbonyl (C=O) groups excluding carboxylic acids is 1. The Morgan fingerprint density at radius 1 is 1.25 bits per heavy atom. The molecule has 0 spiro atoms. The number of hydrogen-bond acceptors (Lipinski definition) is 3. The van der Waals surface area contributed by atoms with Gasteiger partial charge in [0.05, 0.1) is 4.90 Å². The maximum Gasteiger partial charge on any atom is 0.238 e. The van der Waals surface area contributed by atoms with Crippen LogP contribution in [0, 0.1) is 5.92 Å². The molecule has 20 heavy (non-hydrogen) atoms. The summed E-state index contributed by atoms with van der Waals surface area (Å²) in [6.07, 6.45) is 6.74. The largest absolute Gasteiger partial charge is 0.352 e. The second-order valence-electron chi connectivity index (χ2n) is 4.89. The summed E-state index contributed by atoms with van der Waals surface area (Å²) in [5.41, 5.74) is 0.845. The molecule has 3 N–H and O–H groups in total. The van der Waals surface area contributed by atoms with Crippen molar-refractivity contribution in [2.45, 2.75) is 30.7 Å². The van der Waals surface area contributed by atoms with Crippen LogP contribution in [0.3, 0.4) is 0 Å². The van der Waals surface area contributed by atoms with Crippen LogP contribution < -0.4 is 10.5 Å². The zero-order chi connectivity index (χ0) is 14.6. The molecule has 0 aromatic heterocycles. The van der Waals surface area contributed by atoms with Gasteiger partial charge in [-0.05, 0) is 37.0 Å². The lowest BCUT2D eigenvalue weighted by Crippen LogP contribution is -2.30. The Labute approximate surface area is 118 Å². The SMILES string of the molecule is NS(=O)(=O)c1ccc(CNC(=O)C2CC=CCC2)cc1. The normalized spacial score (nSPS) is 18.8. The van der Waals surface area contributed by atoms with E-state index in [1.165, 1.54) is 12.1 Å². The summed E-state index contributed by atoms with van der Waals surface area (Å²) < 4.78 is 22.2. The smallest absolute Gasteiger partial charge is 0.238 e. The number of primary sulfonamides is 1. The number of carbonyl (C=O) groups is 1. The van der Waals surface area contributed by atoms with Gasteiger partial charge in [-0.1, -0.05) is 24.3 Å². The zero-order valence-electron chi connectivity index (χ0n) is 11.1. The summed E-state index contributed by atoms with van der Waals surface area (Å²) in [6, 6.07) is 6.20. The van der Waals surface area contributed by atoms with Gasteiger partial charge in [-0.2, -0.15) is 0 Å². The molecule has 108 valence electrons. The van der Waals surface area contributed by atoms with Gasteiger partial charge in [-0.15, -0.1) is 0 Å². The summed E-state index contributed by atoms with van der Waals surface area (Å²) in [5.74, 6) is 0.0913. The van der Waals surface area contributed by atoms with Crippen molar-refractivity contribution in [3.63, 3.8) is 0 Å². The van der Waals surface area contributed by atoms with E-state index in [9.17, 15) is 13.2 Å². The third kappa shape index (κ3) is 3.91. The summed E-state index contributed by atoms with van der Waals surface area (Å²) in [6.45, 7) is 0.393. The highest BCUT2D eigenvalue weighted by Gasteiger charge is 2.18. The minimum absolute atomic E-state index is 0.0451. The van der Waals surface area contributed by atoms with Gasteiger partial charge in [0, 0.05) is 12.5 Å². The fourth-order valence-electron chi connectivity index (χ4n) is 2.16. The number of benzene rings is 1. The number of hydrogen-bond donors (Lipinski definition) is 2. The summed E-state index contributed by atoms with van der Waals surface area (Å²) >= 11 is 0. The fourth-order valence-corrected chi connectivity index (χ4v) is 2.68. The van der Waals surface area contributed by atoms with Crippen molar-refractivity contribution in [2.24, 2.45) is 11.1 Å². The predicted octanol–water partition coefficient (Wildman–Crippen LogP) is 1.31. The average Bonchev–Trinajstić information content (AvgIpc) is 2.45. The highest BCUT2D eigenvalue weighted by Crippen LogP contribution is 2.18. The highest BCUT2D eigenvalue weighted by molar-refractivity contribution is 7.89. The quantitative estimate of drug-likeness (QED) is 0.820. The molecule has 1 aromatic carbocycles. The van der Waals surface area contributed by atoms with Gasteiger partial charge >= 0.3 is 0 Å².